The van der Waals surface area contributed by atoms with Gasteiger partial charge in [-0.2, -0.15) is 0 Å². The third kappa shape index (κ3) is 1.46. The van der Waals surface area contributed by atoms with Gasteiger partial charge in [-0.1, -0.05) is 12.2 Å². The van der Waals surface area contributed by atoms with Gasteiger partial charge in [0.1, 0.15) is 12.0 Å². The van der Waals surface area contributed by atoms with Gasteiger partial charge in [0.05, 0.1) is 18.6 Å². The molecule has 4 aliphatic rings. The van der Waals surface area contributed by atoms with Gasteiger partial charge in [0.2, 0.25) is 0 Å². The second-order valence-electron chi connectivity index (χ2n) is 5.91. The first-order valence-corrected chi connectivity index (χ1v) is 7.19. The number of methoxy groups -OCH3 is 1. The molecule has 1 spiro atoms. The fourth-order valence-electron chi connectivity index (χ4n) is 4.12. The van der Waals surface area contributed by atoms with Gasteiger partial charge in [0, 0.05) is 5.92 Å². The standard InChI is InChI=1S/C15H16O7/c1-3-6-10-15(22-11(6)16)5-4-7-8(12(17)19-2)13(18)21-14(20-10)9(7)15/h3-5,7-10,13-14,18H,1-2H3/b6-3-/t7-,8-,9-,10?,13+,14+,15+/m1/s1. The van der Waals surface area contributed by atoms with E-state index in [0.717, 1.165) is 0 Å². The Bertz CT molecular complexity index is 609. The summed E-state index contributed by atoms with van der Waals surface area (Å²) in [6.45, 7) is 1.74. The van der Waals surface area contributed by atoms with Crippen molar-refractivity contribution in [1.82, 2.24) is 0 Å². The average molecular weight is 308 g/mol. The van der Waals surface area contributed by atoms with Crippen molar-refractivity contribution >= 4 is 11.9 Å². The van der Waals surface area contributed by atoms with Gasteiger partial charge >= 0.3 is 11.9 Å². The molecule has 1 N–H and O–H groups in total. The van der Waals surface area contributed by atoms with Crippen LogP contribution in [-0.2, 0) is 28.5 Å². The lowest BCUT2D eigenvalue weighted by Crippen LogP contribution is -2.52. The molecule has 7 atom stereocenters. The smallest absolute Gasteiger partial charge is 0.337 e. The van der Waals surface area contributed by atoms with Crippen molar-refractivity contribution in [2.24, 2.45) is 17.8 Å². The number of hydrogen-bond donors (Lipinski definition) is 1. The molecule has 7 heteroatoms. The lowest BCUT2D eigenvalue weighted by atomic mass is 9.75. The van der Waals surface area contributed by atoms with E-state index in [1.165, 1.54) is 7.11 Å². The molecule has 1 aliphatic carbocycles. The van der Waals surface area contributed by atoms with Crippen LogP contribution in [0, 0.1) is 17.8 Å². The number of esters is 2. The van der Waals surface area contributed by atoms with Gasteiger partial charge in [0.15, 0.2) is 18.2 Å². The Morgan fingerprint density at radius 1 is 1.45 bits per heavy atom. The molecule has 118 valence electrons. The highest BCUT2D eigenvalue weighted by Gasteiger charge is 2.72. The molecule has 0 radical (unpaired) electrons. The van der Waals surface area contributed by atoms with Crippen LogP contribution >= 0.6 is 0 Å². The maximum Gasteiger partial charge on any atom is 0.337 e. The highest BCUT2D eigenvalue weighted by atomic mass is 16.8. The van der Waals surface area contributed by atoms with Crippen molar-refractivity contribution in [3.63, 3.8) is 0 Å². The monoisotopic (exact) mass is 308 g/mol. The highest BCUT2D eigenvalue weighted by molar-refractivity contribution is 5.93. The van der Waals surface area contributed by atoms with Crippen molar-refractivity contribution < 1.29 is 33.6 Å². The summed E-state index contributed by atoms with van der Waals surface area (Å²) >= 11 is 0. The zero-order chi connectivity index (χ0) is 15.6. The molecule has 0 aromatic rings. The first-order chi connectivity index (χ1) is 10.5. The van der Waals surface area contributed by atoms with Crippen molar-refractivity contribution in [2.45, 2.75) is 31.2 Å². The van der Waals surface area contributed by atoms with Crippen LogP contribution in [0.2, 0.25) is 0 Å². The summed E-state index contributed by atoms with van der Waals surface area (Å²) in [6.07, 6.45) is 2.59. The number of hydrogen-bond acceptors (Lipinski definition) is 7. The Hall–Kier alpha value is -1.70. The fraction of sp³-hybridized carbons (Fsp3) is 0.600. The van der Waals surface area contributed by atoms with Gasteiger partial charge in [-0.05, 0) is 13.0 Å². The van der Waals surface area contributed by atoms with Crippen molar-refractivity contribution in [3.05, 3.63) is 23.8 Å². The predicted molar refractivity (Wildman–Crippen MR) is 70.0 cm³/mol. The van der Waals surface area contributed by atoms with Crippen LogP contribution in [0.5, 0.6) is 0 Å². The van der Waals surface area contributed by atoms with E-state index in [4.69, 9.17) is 18.9 Å². The molecule has 0 bridgehead atoms. The molecular formula is C15H16O7. The molecule has 0 aromatic heterocycles. The second-order valence-corrected chi connectivity index (χ2v) is 5.91. The zero-order valence-electron chi connectivity index (χ0n) is 12.1. The van der Waals surface area contributed by atoms with Crippen LogP contribution in [0.1, 0.15) is 6.92 Å². The van der Waals surface area contributed by atoms with E-state index in [-0.39, 0.29) is 11.8 Å². The highest BCUT2D eigenvalue weighted by Crippen LogP contribution is 2.59. The second kappa shape index (κ2) is 4.41. The van der Waals surface area contributed by atoms with E-state index in [1.807, 2.05) is 0 Å². The Labute approximate surface area is 126 Å². The molecule has 0 saturated carbocycles. The van der Waals surface area contributed by atoms with E-state index in [1.54, 1.807) is 25.2 Å². The Balaban J connectivity index is 1.76. The molecule has 3 heterocycles. The predicted octanol–water partition coefficient (Wildman–Crippen LogP) is -0.107. The number of allylic oxidation sites excluding steroid dienone is 2. The molecule has 4 rings (SSSR count). The number of rotatable bonds is 1. The molecule has 1 unspecified atom stereocenters. The van der Waals surface area contributed by atoms with Crippen LogP contribution in [-0.4, -0.2) is 48.4 Å². The molecule has 0 aromatic carbocycles. The van der Waals surface area contributed by atoms with Gasteiger partial charge in [0.25, 0.3) is 0 Å². The summed E-state index contributed by atoms with van der Waals surface area (Å²) in [5, 5.41) is 10.1. The lowest BCUT2D eigenvalue weighted by Gasteiger charge is -2.39. The van der Waals surface area contributed by atoms with E-state index >= 15 is 0 Å². The zero-order valence-corrected chi connectivity index (χ0v) is 12.1. The minimum Gasteiger partial charge on any atom is -0.469 e. The minimum absolute atomic E-state index is 0.366. The number of aliphatic hydroxyl groups excluding tert-OH is 1. The van der Waals surface area contributed by atoms with Crippen molar-refractivity contribution in [3.8, 4) is 0 Å². The summed E-state index contributed by atoms with van der Waals surface area (Å²) in [4.78, 5) is 24.0. The molecule has 0 amide bonds. The van der Waals surface area contributed by atoms with Gasteiger partial charge in [-0.25, -0.2) is 4.79 Å². The molecule has 7 nitrogen and oxygen atoms in total. The summed E-state index contributed by atoms with van der Waals surface area (Å²) in [5.74, 6) is -2.58. The third-order valence-electron chi connectivity index (χ3n) is 5.06. The van der Waals surface area contributed by atoms with Crippen LogP contribution in [0.15, 0.2) is 23.8 Å². The first kappa shape index (κ1) is 13.9. The van der Waals surface area contributed by atoms with E-state index in [2.05, 4.69) is 0 Å². The molecule has 3 saturated heterocycles. The lowest BCUT2D eigenvalue weighted by molar-refractivity contribution is -0.284. The molecule has 3 fully saturated rings. The van der Waals surface area contributed by atoms with E-state index in [0.29, 0.717) is 5.57 Å². The minimum atomic E-state index is -1.32. The SMILES string of the molecule is C/C=C1\C(=O)O[C@]23C=C[C@@H]4[C@H](C(=O)OC)[C@@H](O)O[C@H](OC12)[C@@H]43. The summed E-state index contributed by atoms with van der Waals surface area (Å²) < 4.78 is 21.6. The van der Waals surface area contributed by atoms with Crippen LogP contribution in [0.3, 0.4) is 0 Å². The average Bonchev–Trinajstić information content (AvgIpc) is 3.07. The molecule has 22 heavy (non-hydrogen) atoms. The number of ether oxygens (including phenoxy) is 4. The van der Waals surface area contributed by atoms with Crippen LogP contribution < -0.4 is 0 Å². The van der Waals surface area contributed by atoms with Crippen molar-refractivity contribution in [2.75, 3.05) is 7.11 Å². The summed E-state index contributed by atoms with van der Waals surface area (Å²) in [5.41, 5.74) is -0.520. The molecule has 3 aliphatic heterocycles. The van der Waals surface area contributed by atoms with Crippen LogP contribution in [0.4, 0.5) is 0 Å². The van der Waals surface area contributed by atoms with Gasteiger partial charge in [-0.15, -0.1) is 0 Å². The van der Waals surface area contributed by atoms with E-state index in [9.17, 15) is 14.7 Å². The third-order valence-corrected chi connectivity index (χ3v) is 5.06. The van der Waals surface area contributed by atoms with Crippen LogP contribution in [0.25, 0.3) is 0 Å². The largest absolute Gasteiger partial charge is 0.469 e. The Morgan fingerprint density at radius 2 is 2.23 bits per heavy atom. The molecular weight excluding hydrogens is 292 g/mol. The topological polar surface area (TPSA) is 91.3 Å². The summed E-state index contributed by atoms with van der Waals surface area (Å²) in [7, 11) is 1.26. The normalized spacial score (nSPS) is 50.0. The number of carbonyl (C=O) groups is 2. The van der Waals surface area contributed by atoms with Gasteiger partial charge in [-0.3, -0.25) is 4.79 Å². The summed E-state index contributed by atoms with van der Waals surface area (Å²) in [6, 6.07) is 0. The number of carbonyl (C=O) groups excluding carboxylic acids is 2. The Kier molecular flexibility index (Phi) is 2.79. The van der Waals surface area contributed by atoms with Gasteiger partial charge < -0.3 is 24.1 Å². The number of aliphatic hydroxyl groups is 1. The first-order valence-electron chi connectivity index (χ1n) is 7.19. The fourth-order valence-corrected chi connectivity index (χ4v) is 4.12. The Morgan fingerprint density at radius 3 is 2.91 bits per heavy atom. The van der Waals surface area contributed by atoms with Crippen molar-refractivity contribution in [1.29, 1.82) is 0 Å². The maximum atomic E-state index is 12.0. The quantitative estimate of drug-likeness (QED) is 0.410. The maximum absolute atomic E-state index is 12.0. The van der Waals surface area contributed by atoms with E-state index < -0.39 is 42.1 Å².